The number of para-hydroxylation sites is 2. The Kier molecular flexibility index (Phi) is 7.97. The standard InChI is InChI=1S/C22H32N4O7S/c1-13-18(24-19(28)14(2)25(6)21(30)33-22(3,4)5)20(29)23-15-10-8-9-11-16(15)26(13)17(27)12-34(7,31)32/h8-11,13-14,18H,12H2,1-7H3,(H,23,29)(H,24,28)/t13-,14?,18-/m0/s1. The molecule has 0 bridgehead atoms. The van der Waals surface area contributed by atoms with Crippen molar-refractivity contribution in [2.45, 2.75) is 58.3 Å². The van der Waals surface area contributed by atoms with E-state index in [1.54, 1.807) is 45.0 Å². The number of anilines is 2. The minimum Gasteiger partial charge on any atom is -0.444 e. The summed E-state index contributed by atoms with van der Waals surface area (Å²) in [6.07, 6.45) is 0.224. The van der Waals surface area contributed by atoms with Gasteiger partial charge in [0.1, 0.15) is 23.4 Å². The molecule has 0 spiro atoms. The number of hydrogen-bond acceptors (Lipinski definition) is 7. The highest BCUT2D eigenvalue weighted by atomic mass is 32.2. The first-order chi connectivity index (χ1) is 15.5. The highest BCUT2D eigenvalue weighted by molar-refractivity contribution is 7.91. The highest BCUT2D eigenvalue weighted by Crippen LogP contribution is 2.31. The van der Waals surface area contributed by atoms with E-state index in [2.05, 4.69) is 10.6 Å². The second-order valence-electron chi connectivity index (χ2n) is 9.33. The van der Waals surface area contributed by atoms with Gasteiger partial charge in [0.05, 0.1) is 17.4 Å². The fourth-order valence-corrected chi connectivity index (χ4v) is 3.96. The number of benzene rings is 1. The predicted octanol–water partition coefficient (Wildman–Crippen LogP) is 1.15. The van der Waals surface area contributed by atoms with E-state index < -0.39 is 63.1 Å². The molecule has 0 radical (unpaired) electrons. The third kappa shape index (κ3) is 6.69. The highest BCUT2D eigenvalue weighted by Gasteiger charge is 2.40. The number of likely N-dealkylation sites (N-methyl/N-ethyl adjacent to an activating group) is 1. The van der Waals surface area contributed by atoms with Gasteiger partial charge in [-0.15, -0.1) is 0 Å². The summed E-state index contributed by atoms with van der Waals surface area (Å²) in [5, 5.41) is 5.27. The van der Waals surface area contributed by atoms with E-state index in [4.69, 9.17) is 4.74 Å². The molecular formula is C22H32N4O7S. The van der Waals surface area contributed by atoms with E-state index in [0.29, 0.717) is 11.4 Å². The molecule has 2 N–H and O–H groups in total. The summed E-state index contributed by atoms with van der Waals surface area (Å²) >= 11 is 0. The van der Waals surface area contributed by atoms with Gasteiger partial charge in [-0.05, 0) is 46.8 Å². The van der Waals surface area contributed by atoms with E-state index in [1.165, 1.54) is 25.8 Å². The number of amides is 4. The van der Waals surface area contributed by atoms with Crippen molar-refractivity contribution in [2.75, 3.05) is 29.3 Å². The van der Waals surface area contributed by atoms with Crippen LogP contribution >= 0.6 is 0 Å². The number of rotatable bonds is 5. The van der Waals surface area contributed by atoms with Crippen LogP contribution in [0.3, 0.4) is 0 Å². The molecular weight excluding hydrogens is 464 g/mol. The molecule has 0 saturated heterocycles. The van der Waals surface area contributed by atoms with Crippen molar-refractivity contribution in [3.8, 4) is 0 Å². The maximum Gasteiger partial charge on any atom is 0.410 e. The van der Waals surface area contributed by atoms with Gasteiger partial charge in [-0.25, -0.2) is 13.2 Å². The lowest BCUT2D eigenvalue weighted by atomic mass is 10.1. The molecule has 1 aromatic carbocycles. The zero-order valence-corrected chi connectivity index (χ0v) is 21.2. The molecule has 0 fully saturated rings. The third-order valence-corrected chi connectivity index (χ3v) is 5.96. The van der Waals surface area contributed by atoms with Crippen LogP contribution in [0.1, 0.15) is 34.6 Å². The summed E-state index contributed by atoms with van der Waals surface area (Å²) in [7, 11) is -2.26. The molecule has 2 rings (SSSR count). The Bertz CT molecular complexity index is 1080. The zero-order valence-electron chi connectivity index (χ0n) is 20.4. The van der Waals surface area contributed by atoms with Crippen LogP contribution in [0.2, 0.25) is 0 Å². The van der Waals surface area contributed by atoms with Crippen LogP contribution in [0.15, 0.2) is 24.3 Å². The van der Waals surface area contributed by atoms with Crippen molar-refractivity contribution >= 4 is 45.0 Å². The smallest absolute Gasteiger partial charge is 0.410 e. The summed E-state index contributed by atoms with van der Waals surface area (Å²) in [6, 6.07) is 3.30. The van der Waals surface area contributed by atoms with Gasteiger partial charge in [0.2, 0.25) is 17.7 Å². The van der Waals surface area contributed by atoms with Crippen LogP contribution in [0.4, 0.5) is 16.2 Å². The largest absolute Gasteiger partial charge is 0.444 e. The minimum atomic E-state index is -3.66. The summed E-state index contributed by atoms with van der Waals surface area (Å²) in [4.78, 5) is 53.6. The second-order valence-corrected chi connectivity index (χ2v) is 11.5. The Morgan fingerprint density at radius 3 is 2.38 bits per heavy atom. The van der Waals surface area contributed by atoms with Crippen LogP contribution in [0, 0.1) is 0 Å². The SMILES string of the molecule is CC(C(=O)N[C@@H]1C(=O)Nc2ccccc2N(C(=O)CS(C)(=O)=O)[C@H]1C)N(C)C(=O)OC(C)(C)C. The molecule has 0 aromatic heterocycles. The van der Waals surface area contributed by atoms with Crippen LogP contribution in [0.25, 0.3) is 0 Å². The lowest BCUT2D eigenvalue weighted by molar-refractivity contribution is -0.130. The summed E-state index contributed by atoms with van der Waals surface area (Å²) < 4.78 is 28.9. The average Bonchev–Trinajstić information content (AvgIpc) is 2.78. The van der Waals surface area contributed by atoms with Gasteiger partial charge < -0.3 is 20.3 Å². The van der Waals surface area contributed by atoms with Crippen LogP contribution in [-0.2, 0) is 29.0 Å². The van der Waals surface area contributed by atoms with Crippen molar-refractivity contribution in [1.29, 1.82) is 0 Å². The maximum atomic E-state index is 13.0. The first kappa shape index (κ1) is 27.1. The molecule has 34 heavy (non-hydrogen) atoms. The van der Waals surface area contributed by atoms with E-state index >= 15 is 0 Å². The molecule has 1 aromatic rings. The van der Waals surface area contributed by atoms with Gasteiger partial charge >= 0.3 is 6.09 Å². The molecule has 188 valence electrons. The predicted molar refractivity (Wildman–Crippen MR) is 127 cm³/mol. The third-order valence-electron chi connectivity index (χ3n) is 5.19. The number of carbonyl (C=O) groups is 4. The molecule has 0 aliphatic carbocycles. The summed E-state index contributed by atoms with van der Waals surface area (Å²) in [5.41, 5.74) is -0.145. The van der Waals surface area contributed by atoms with Crippen molar-refractivity contribution in [1.82, 2.24) is 10.2 Å². The molecule has 12 heteroatoms. The van der Waals surface area contributed by atoms with E-state index in [9.17, 15) is 27.6 Å². The number of nitrogens with one attached hydrogen (secondary N) is 2. The number of hydrogen-bond donors (Lipinski definition) is 2. The van der Waals surface area contributed by atoms with Gasteiger partial charge in [0.15, 0.2) is 9.84 Å². The lowest BCUT2D eigenvalue weighted by Crippen LogP contribution is -2.59. The van der Waals surface area contributed by atoms with Crippen LogP contribution in [0.5, 0.6) is 0 Å². The number of ether oxygens (including phenoxy) is 1. The fraction of sp³-hybridized carbons (Fsp3) is 0.545. The topological polar surface area (TPSA) is 142 Å². The van der Waals surface area contributed by atoms with Gasteiger partial charge in [-0.1, -0.05) is 12.1 Å². The normalized spacial score (nSPS) is 19.3. The Labute approximate surface area is 199 Å². The monoisotopic (exact) mass is 496 g/mol. The van der Waals surface area contributed by atoms with Crippen molar-refractivity contribution < 1.29 is 32.3 Å². The Balaban J connectivity index is 2.33. The summed E-state index contributed by atoms with van der Waals surface area (Å²) in [5.74, 6) is -2.74. The summed E-state index contributed by atoms with van der Waals surface area (Å²) in [6.45, 7) is 8.09. The fourth-order valence-electron chi connectivity index (χ4n) is 3.37. The zero-order chi connectivity index (χ0) is 26.0. The van der Waals surface area contributed by atoms with Crippen LogP contribution < -0.4 is 15.5 Å². The van der Waals surface area contributed by atoms with Gasteiger partial charge in [-0.2, -0.15) is 0 Å². The Morgan fingerprint density at radius 2 is 1.82 bits per heavy atom. The molecule has 11 nitrogen and oxygen atoms in total. The first-order valence-corrected chi connectivity index (χ1v) is 12.7. The van der Waals surface area contributed by atoms with E-state index in [-0.39, 0.29) is 0 Å². The molecule has 1 unspecified atom stereocenters. The van der Waals surface area contributed by atoms with Gasteiger partial charge in [-0.3, -0.25) is 19.3 Å². The molecule has 3 atom stereocenters. The Morgan fingerprint density at radius 1 is 1.24 bits per heavy atom. The lowest BCUT2D eigenvalue weighted by Gasteiger charge is -2.33. The number of carbonyl (C=O) groups excluding carboxylic acids is 4. The quantitative estimate of drug-likeness (QED) is 0.622. The van der Waals surface area contributed by atoms with Crippen molar-refractivity contribution in [2.24, 2.45) is 0 Å². The number of nitrogens with zero attached hydrogens (tertiary/aromatic N) is 2. The number of fused-ring (bicyclic) bond motifs is 1. The second kappa shape index (κ2) is 10.00. The van der Waals surface area contributed by atoms with Gasteiger partial charge in [0, 0.05) is 13.3 Å². The van der Waals surface area contributed by atoms with Crippen molar-refractivity contribution in [3.63, 3.8) is 0 Å². The molecule has 4 amide bonds. The maximum absolute atomic E-state index is 13.0. The molecule has 1 heterocycles. The number of sulfone groups is 1. The minimum absolute atomic E-state index is 0.303. The van der Waals surface area contributed by atoms with Gasteiger partial charge in [0.25, 0.3) is 0 Å². The first-order valence-electron chi connectivity index (χ1n) is 10.7. The van der Waals surface area contributed by atoms with Crippen molar-refractivity contribution in [3.05, 3.63) is 24.3 Å². The Hall–Kier alpha value is -3.15. The molecule has 1 aliphatic rings. The van der Waals surface area contributed by atoms with E-state index in [1.807, 2.05) is 0 Å². The molecule has 0 saturated carbocycles. The van der Waals surface area contributed by atoms with E-state index in [0.717, 1.165) is 11.2 Å². The average molecular weight is 497 g/mol. The molecule has 1 aliphatic heterocycles. The van der Waals surface area contributed by atoms with Crippen LogP contribution in [-0.4, -0.2) is 79.9 Å².